The number of benzene rings is 2. The van der Waals surface area contributed by atoms with E-state index in [0.717, 1.165) is 33.6 Å². The van der Waals surface area contributed by atoms with Crippen molar-refractivity contribution in [1.82, 2.24) is 10.3 Å². The van der Waals surface area contributed by atoms with Crippen LogP contribution in [0.15, 0.2) is 54.7 Å². The number of rotatable bonds is 9. The fourth-order valence-corrected chi connectivity index (χ4v) is 5.06. The van der Waals surface area contributed by atoms with E-state index in [2.05, 4.69) is 27.8 Å². The molecule has 10 heteroatoms. The van der Waals surface area contributed by atoms with Gasteiger partial charge in [0, 0.05) is 5.92 Å². The molecule has 1 atom stereocenters. The number of carbonyl (C=O) groups is 3. The molecular formula is C24H23N3O5S2. The Morgan fingerprint density at radius 3 is 2.38 bits per heavy atom. The normalized spacial score (nSPS) is 13.0. The predicted octanol–water partition coefficient (Wildman–Crippen LogP) is 4.44. The minimum Gasteiger partial charge on any atom is -0.480 e. The first kappa shape index (κ1) is 23.8. The zero-order valence-electron chi connectivity index (χ0n) is 18.3. The molecule has 0 fully saturated rings. The quantitative estimate of drug-likeness (QED) is 0.400. The number of nitrogens with zero attached hydrogens (tertiary/aromatic N) is 1. The summed E-state index contributed by atoms with van der Waals surface area (Å²) in [5.74, 6) is -1.10. The predicted molar refractivity (Wildman–Crippen MR) is 133 cm³/mol. The van der Waals surface area contributed by atoms with Crippen LogP contribution in [0, 0.1) is 0 Å². The topological polar surface area (TPSA) is 118 Å². The molecule has 1 unspecified atom stereocenters. The molecule has 3 N–H and O–H groups in total. The Morgan fingerprint density at radius 1 is 1.12 bits per heavy atom. The first-order chi connectivity index (χ1) is 16.5. The van der Waals surface area contributed by atoms with Gasteiger partial charge in [-0.1, -0.05) is 59.9 Å². The second kappa shape index (κ2) is 10.7. The molecule has 34 heavy (non-hydrogen) atoms. The molecule has 176 valence electrons. The van der Waals surface area contributed by atoms with Crippen molar-refractivity contribution in [2.75, 3.05) is 23.9 Å². The highest BCUT2D eigenvalue weighted by Crippen LogP contribution is 2.44. The standard InChI is InChI=1S/C24H23N3O5S2/c1-33-11-10-19(22(29)30)26-21(28)20-12-25-23(34-20)27-24(31)32-13-18-16-8-4-2-6-14(16)15-7-3-5-9-17(15)18/h2-9,12,18-19H,10-11,13H2,1H3,(H,26,28)(H,29,30)(H,25,27,31). The van der Waals surface area contributed by atoms with E-state index in [-0.39, 0.29) is 22.5 Å². The summed E-state index contributed by atoms with van der Waals surface area (Å²) < 4.78 is 5.49. The van der Waals surface area contributed by atoms with E-state index in [1.165, 1.54) is 18.0 Å². The Balaban J connectivity index is 1.35. The van der Waals surface area contributed by atoms with Crippen LogP contribution < -0.4 is 10.6 Å². The smallest absolute Gasteiger partial charge is 0.413 e. The minimum atomic E-state index is -1.09. The first-order valence-electron chi connectivity index (χ1n) is 10.6. The lowest BCUT2D eigenvalue weighted by atomic mass is 9.98. The number of carboxylic acids is 1. The van der Waals surface area contributed by atoms with Crippen LogP contribution in [0.2, 0.25) is 0 Å². The number of hydrogen-bond donors (Lipinski definition) is 3. The summed E-state index contributed by atoms with van der Waals surface area (Å²) >= 11 is 2.45. The van der Waals surface area contributed by atoms with Crippen LogP contribution in [0.4, 0.5) is 9.93 Å². The third kappa shape index (κ3) is 5.23. The maximum atomic E-state index is 12.4. The van der Waals surface area contributed by atoms with Crippen LogP contribution in [-0.2, 0) is 9.53 Å². The van der Waals surface area contributed by atoms with Crippen molar-refractivity contribution >= 4 is 46.2 Å². The van der Waals surface area contributed by atoms with Crippen molar-refractivity contribution in [3.63, 3.8) is 0 Å². The molecule has 0 spiro atoms. The van der Waals surface area contributed by atoms with E-state index in [1.54, 1.807) is 0 Å². The van der Waals surface area contributed by atoms with Gasteiger partial charge in [-0.15, -0.1) is 0 Å². The van der Waals surface area contributed by atoms with Gasteiger partial charge in [-0.3, -0.25) is 10.1 Å². The lowest BCUT2D eigenvalue weighted by molar-refractivity contribution is -0.139. The summed E-state index contributed by atoms with van der Waals surface area (Å²) in [6.45, 7) is 0.161. The third-order valence-corrected chi connectivity index (χ3v) is 7.05. The molecule has 0 bridgehead atoms. The van der Waals surface area contributed by atoms with Gasteiger partial charge in [0.1, 0.15) is 17.5 Å². The van der Waals surface area contributed by atoms with Crippen LogP contribution in [0.5, 0.6) is 0 Å². The lowest BCUT2D eigenvalue weighted by Gasteiger charge is -2.14. The summed E-state index contributed by atoms with van der Waals surface area (Å²) in [5, 5.41) is 14.5. The van der Waals surface area contributed by atoms with Crippen molar-refractivity contribution in [3.05, 3.63) is 70.7 Å². The average Bonchev–Trinajstić information content (AvgIpc) is 3.43. The van der Waals surface area contributed by atoms with Crippen molar-refractivity contribution < 1.29 is 24.2 Å². The number of hydrogen-bond acceptors (Lipinski definition) is 7. The fraction of sp³-hybridized carbons (Fsp3) is 0.250. The van der Waals surface area contributed by atoms with E-state index < -0.39 is 24.0 Å². The number of thioether (sulfide) groups is 1. The molecule has 1 aliphatic carbocycles. The van der Waals surface area contributed by atoms with Crippen molar-refractivity contribution in [3.8, 4) is 11.1 Å². The Hall–Kier alpha value is -3.37. The van der Waals surface area contributed by atoms with Gasteiger partial charge in [0.2, 0.25) is 0 Å². The van der Waals surface area contributed by atoms with Crippen molar-refractivity contribution in [2.45, 2.75) is 18.4 Å². The largest absolute Gasteiger partial charge is 0.480 e. The highest BCUT2D eigenvalue weighted by Gasteiger charge is 2.29. The number of nitrogens with one attached hydrogen (secondary N) is 2. The lowest BCUT2D eigenvalue weighted by Crippen LogP contribution is -2.40. The number of carboxylic acid groups (broad SMARTS) is 1. The zero-order valence-corrected chi connectivity index (χ0v) is 19.9. The summed E-state index contributed by atoms with van der Waals surface area (Å²) in [7, 11) is 0. The molecule has 1 aliphatic rings. The van der Waals surface area contributed by atoms with Gasteiger partial charge in [0.05, 0.1) is 6.20 Å². The van der Waals surface area contributed by atoms with E-state index in [4.69, 9.17) is 4.74 Å². The molecule has 3 aromatic rings. The molecule has 0 saturated carbocycles. The maximum Gasteiger partial charge on any atom is 0.413 e. The molecular weight excluding hydrogens is 474 g/mol. The fourth-order valence-electron chi connectivity index (χ4n) is 3.88. The Morgan fingerprint density at radius 2 is 1.76 bits per heavy atom. The molecule has 0 aliphatic heterocycles. The molecule has 0 saturated heterocycles. The van der Waals surface area contributed by atoms with Crippen LogP contribution >= 0.6 is 23.1 Å². The second-order valence-electron chi connectivity index (χ2n) is 7.63. The molecule has 1 aromatic heterocycles. The third-order valence-electron chi connectivity index (χ3n) is 5.50. The van der Waals surface area contributed by atoms with Gasteiger partial charge in [0.15, 0.2) is 5.13 Å². The Bertz CT molecular complexity index is 1170. The van der Waals surface area contributed by atoms with Crippen LogP contribution in [0.3, 0.4) is 0 Å². The van der Waals surface area contributed by atoms with Gasteiger partial charge < -0.3 is 15.2 Å². The van der Waals surface area contributed by atoms with Gasteiger partial charge in [-0.05, 0) is 40.7 Å². The number of ether oxygens (including phenoxy) is 1. The van der Waals surface area contributed by atoms with E-state index in [0.29, 0.717) is 12.2 Å². The van der Waals surface area contributed by atoms with Gasteiger partial charge >= 0.3 is 12.1 Å². The van der Waals surface area contributed by atoms with E-state index in [1.807, 2.05) is 42.7 Å². The number of fused-ring (bicyclic) bond motifs is 3. The highest BCUT2D eigenvalue weighted by atomic mass is 32.2. The number of aliphatic carboxylic acids is 1. The van der Waals surface area contributed by atoms with Crippen LogP contribution in [0.1, 0.15) is 33.1 Å². The van der Waals surface area contributed by atoms with Crippen LogP contribution in [0.25, 0.3) is 11.1 Å². The summed E-state index contributed by atoms with van der Waals surface area (Å²) in [6, 6.07) is 15.1. The Labute approximate surface area is 204 Å². The number of thiazole rings is 1. The highest BCUT2D eigenvalue weighted by molar-refractivity contribution is 7.98. The van der Waals surface area contributed by atoms with Crippen molar-refractivity contribution in [2.24, 2.45) is 0 Å². The molecule has 2 aromatic carbocycles. The zero-order chi connectivity index (χ0) is 24.1. The maximum absolute atomic E-state index is 12.4. The molecule has 8 nitrogen and oxygen atoms in total. The second-order valence-corrected chi connectivity index (χ2v) is 9.64. The average molecular weight is 498 g/mol. The van der Waals surface area contributed by atoms with E-state index >= 15 is 0 Å². The summed E-state index contributed by atoms with van der Waals surface area (Å²) in [5.41, 5.74) is 4.50. The number of aromatic nitrogens is 1. The Kier molecular flexibility index (Phi) is 7.49. The molecule has 0 radical (unpaired) electrons. The molecule has 2 amide bonds. The molecule has 4 rings (SSSR count). The SMILES string of the molecule is CSCCC(NC(=O)c1cnc(NC(=O)OCC2c3ccccc3-c3ccccc32)s1)C(=O)O. The molecule has 1 heterocycles. The minimum absolute atomic E-state index is 0.0648. The number of carbonyl (C=O) groups excluding carboxylic acids is 2. The first-order valence-corrected chi connectivity index (χ1v) is 12.8. The van der Waals surface area contributed by atoms with Crippen LogP contribution in [-0.4, -0.2) is 52.7 Å². The van der Waals surface area contributed by atoms with Gasteiger partial charge in [-0.2, -0.15) is 11.8 Å². The van der Waals surface area contributed by atoms with E-state index in [9.17, 15) is 19.5 Å². The van der Waals surface area contributed by atoms with Gasteiger partial charge in [0.25, 0.3) is 5.91 Å². The number of anilines is 1. The summed E-state index contributed by atoms with van der Waals surface area (Å²) in [6.07, 6.45) is 2.80. The number of amides is 2. The van der Waals surface area contributed by atoms with Gasteiger partial charge in [-0.25, -0.2) is 14.6 Å². The van der Waals surface area contributed by atoms with Crippen molar-refractivity contribution in [1.29, 1.82) is 0 Å². The summed E-state index contributed by atoms with van der Waals surface area (Å²) in [4.78, 5) is 40.4. The monoisotopic (exact) mass is 497 g/mol.